The van der Waals surface area contributed by atoms with E-state index in [1.165, 1.54) is 38.5 Å². The van der Waals surface area contributed by atoms with Crippen molar-refractivity contribution in [1.82, 2.24) is 9.34 Å². The molecular formula is C14H27N2OPS. The van der Waals surface area contributed by atoms with Crippen molar-refractivity contribution in [2.45, 2.75) is 45.4 Å². The van der Waals surface area contributed by atoms with Gasteiger partial charge in [0.15, 0.2) is 0 Å². The number of piperidine rings is 2. The minimum absolute atomic E-state index is 1.01. The molecule has 2 rings (SSSR count). The van der Waals surface area contributed by atoms with E-state index in [1.807, 2.05) is 5.82 Å². The molecule has 2 aliphatic rings. The van der Waals surface area contributed by atoms with Crippen LogP contribution in [0.1, 0.15) is 45.4 Å². The summed E-state index contributed by atoms with van der Waals surface area (Å²) in [4.78, 5) is 0. The fraction of sp³-hybridized carbons (Fsp3) is 0.857. The van der Waals surface area contributed by atoms with Crippen molar-refractivity contribution >= 4 is 19.2 Å². The van der Waals surface area contributed by atoms with Gasteiger partial charge >= 0.3 is 0 Å². The van der Waals surface area contributed by atoms with E-state index in [2.05, 4.69) is 21.7 Å². The highest BCUT2D eigenvalue weighted by atomic mass is 32.2. The van der Waals surface area contributed by atoms with Gasteiger partial charge in [0, 0.05) is 32.0 Å². The van der Waals surface area contributed by atoms with Gasteiger partial charge in [0.25, 0.3) is 0 Å². The molecule has 0 aromatic heterocycles. The third-order valence-corrected chi connectivity index (χ3v) is 7.82. The lowest BCUT2D eigenvalue weighted by atomic mass is 10.2. The molecule has 0 aromatic rings. The maximum atomic E-state index is 13.5. The number of thioether (sulfide) groups is 1. The molecule has 0 amide bonds. The second-order valence-electron chi connectivity index (χ2n) is 5.36. The highest BCUT2D eigenvalue weighted by molar-refractivity contribution is 8.02. The van der Waals surface area contributed by atoms with Crippen LogP contribution >= 0.6 is 19.2 Å². The quantitative estimate of drug-likeness (QED) is 0.703. The smallest absolute Gasteiger partial charge is 0.239 e. The van der Waals surface area contributed by atoms with E-state index in [-0.39, 0.29) is 0 Å². The van der Waals surface area contributed by atoms with Crippen molar-refractivity contribution in [2.75, 3.05) is 31.9 Å². The van der Waals surface area contributed by atoms with Crippen molar-refractivity contribution in [3.05, 3.63) is 11.2 Å². The van der Waals surface area contributed by atoms with E-state index in [9.17, 15) is 4.57 Å². The Morgan fingerprint density at radius 3 is 1.84 bits per heavy atom. The van der Waals surface area contributed by atoms with Crippen LogP contribution in [0.3, 0.4) is 0 Å². The number of hydrogen-bond donors (Lipinski definition) is 0. The molecule has 2 fully saturated rings. The first-order valence-electron chi connectivity index (χ1n) is 7.67. The number of rotatable bonds is 5. The monoisotopic (exact) mass is 302 g/mol. The van der Waals surface area contributed by atoms with E-state index in [4.69, 9.17) is 0 Å². The van der Waals surface area contributed by atoms with Crippen molar-refractivity contribution in [1.29, 1.82) is 0 Å². The molecule has 5 heteroatoms. The lowest BCUT2D eigenvalue weighted by molar-refractivity contribution is 0.282. The van der Waals surface area contributed by atoms with Crippen LogP contribution < -0.4 is 0 Å². The molecule has 0 bridgehead atoms. The first-order chi connectivity index (χ1) is 9.27. The Hall–Kier alpha value is 0.240. The molecule has 0 atom stereocenters. The molecule has 19 heavy (non-hydrogen) atoms. The lowest BCUT2D eigenvalue weighted by Crippen LogP contribution is -2.36. The summed E-state index contributed by atoms with van der Waals surface area (Å²) in [6.45, 7) is 6.18. The van der Waals surface area contributed by atoms with Crippen LogP contribution in [0.4, 0.5) is 0 Å². The molecule has 0 N–H and O–H groups in total. The van der Waals surface area contributed by atoms with Gasteiger partial charge in [0.2, 0.25) is 7.44 Å². The van der Waals surface area contributed by atoms with Crippen LogP contribution in [0.25, 0.3) is 0 Å². The third-order valence-electron chi connectivity index (χ3n) is 3.99. The van der Waals surface area contributed by atoms with Crippen LogP contribution in [0.15, 0.2) is 11.2 Å². The predicted molar refractivity (Wildman–Crippen MR) is 85.7 cm³/mol. The van der Waals surface area contributed by atoms with E-state index in [0.717, 1.165) is 31.9 Å². The van der Waals surface area contributed by atoms with Crippen LogP contribution in [-0.4, -0.2) is 41.3 Å². The maximum absolute atomic E-state index is 13.5. The Morgan fingerprint density at radius 2 is 1.42 bits per heavy atom. The first kappa shape index (κ1) is 15.6. The Bertz CT molecular complexity index is 314. The minimum atomic E-state index is -2.43. The minimum Gasteiger partial charge on any atom is -0.284 e. The largest absolute Gasteiger partial charge is 0.284 e. The summed E-state index contributed by atoms with van der Waals surface area (Å²) in [5.74, 6) is 3.08. The normalized spacial score (nSPS) is 24.1. The van der Waals surface area contributed by atoms with Crippen LogP contribution in [0.2, 0.25) is 0 Å². The van der Waals surface area contributed by atoms with Crippen LogP contribution in [0.5, 0.6) is 0 Å². The molecular weight excluding hydrogens is 275 g/mol. The second-order valence-corrected chi connectivity index (χ2v) is 9.15. The van der Waals surface area contributed by atoms with Gasteiger partial charge in [-0.05, 0) is 36.8 Å². The third kappa shape index (κ3) is 4.10. The summed E-state index contributed by atoms with van der Waals surface area (Å²) >= 11 is 1.76. The molecule has 0 aromatic carbocycles. The van der Waals surface area contributed by atoms with Crippen molar-refractivity contribution in [3.63, 3.8) is 0 Å². The molecule has 110 valence electrons. The maximum Gasteiger partial charge on any atom is 0.239 e. The van der Waals surface area contributed by atoms with Crippen LogP contribution in [0, 0.1) is 0 Å². The molecule has 2 saturated heterocycles. The van der Waals surface area contributed by atoms with E-state index >= 15 is 0 Å². The average Bonchev–Trinajstić information content (AvgIpc) is 2.49. The Labute approximate surface area is 122 Å². The van der Waals surface area contributed by atoms with Crippen molar-refractivity contribution in [2.24, 2.45) is 0 Å². The van der Waals surface area contributed by atoms with Gasteiger partial charge in [-0.1, -0.05) is 19.8 Å². The van der Waals surface area contributed by atoms with Gasteiger partial charge in [-0.15, -0.1) is 11.8 Å². The average molecular weight is 302 g/mol. The van der Waals surface area contributed by atoms with E-state index in [0.29, 0.717) is 0 Å². The molecule has 2 aliphatic heterocycles. The molecule has 0 radical (unpaired) electrons. The fourth-order valence-corrected chi connectivity index (χ4v) is 6.53. The summed E-state index contributed by atoms with van der Waals surface area (Å²) < 4.78 is 18.1. The number of nitrogens with zero attached hydrogens (tertiary/aromatic N) is 2. The van der Waals surface area contributed by atoms with Crippen molar-refractivity contribution < 1.29 is 4.57 Å². The van der Waals surface area contributed by atoms with E-state index < -0.39 is 7.44 Å². The standard InChI is InChI=1S/C14H27N2OPS/c1-2-19-14-13-18(17,15-9-5-3-6-10-15)16-11-7-4-8-12-16/h13-14H,2-12H2,1H3. The fourth-order valence-electron chi connectivity index (χ4n) is 2.91. The first-order valence-corrected chi connectivity index (χ1v) is 10.4. The topological polar surface area (TPSA) is 23.6 Å². The Balaban J connectivity index is 2.12. The Kier molecular flexibility index (Phi) is 6.48. The van der Waals surface area contributed by atoms with E-state index in [1.54, 1.807) is 11.8 Å². The highest BCUT2D eigenvalue weighted by Gasteiger charge is 2.35. The molecule has 0 saturated carbocycles. The van der Waals surface area contributed by atoms with Crippen molar-refractivity contribution in [3.8, 4) is 0 Å². The molecule has 2 heterocycles. The SMILES string of the molecule is CCSC=CP(=O)(N1CCCCC1)N1CCCCC1. The lowest BCUT2D eigenvalue weighted by Gasteiger charge is -2.41. The zero-order valence-electron chi connectivity index (χ0n) is 12.1. The molecule has 3 nitrogen and oxygen atoms in total. The summed E-state index contributed by atoms with van der Waals surface area (Å²) in [5, 5.41) is 2.07. The zero-order valence-corrected chi connectivity index (χ0v) is 13.8. The van der Waals surface area contributed by atoms with Gasteiger partial charge in [0.1, 0.15) is 0 Å². The summed E-state index contributed by atoms with van der Waals surface area (Å²) in [6, 6.07) is 0. The Morgan fingerprint density at radius 1 is 0.947 bits per heavy atom. The van der Waals surface area contributed by atoms with Gasteiger partial charge in [0.05, 0.1) is 0 Å². The highest BCUT2D eigenvalue weighted by Crippen LogP contribution is 2.56. The predicted octanol–water partition coefficient (Wildman–Crippen LogP) is 4.38. The summed E-state index contributed by atoms with van der Waals surface area (Å²) in [7, 11) is -2.43. The molecule has 0 aliphatic carbocycles. The summed E-state index contributed by atoms with van der Waals surface area (Å²) in [5.41, 5.74) is 0. The van der Waals surface area contributed by atoms with Crippen LogP contribution in [-0.2, 0) is 4.57 Å². The van der Waals surface area contributed by atoms with Gasteiger partial charge in [-0.25, -0.2) is 9.34 Å². The second kappa shape index (κ2) is 7.87. The molecule has 0 unspecified atom stereocenters. The zero-order chi connectivity index (χ0) is 13.6. The number of hydrogen-bond acceptors (Lipinski definition) is 2. The molecule has 0 spiro atoms. The van der Waals surface area contributed by atoms with Gasteiger partial charge < -0.3 is 0 Å². The van der Waals surface area contributed by atoms with Gasteiger partial charge in [-0.2, -0.15) is 0 Å². The summed E-state index contributed by atoms with van der Waals surface area (Å²) in [6.07, 6.45) is 7.40. The van der Waals surface area contributed by atoms with Gasteiger partial charge in [-0.3, -0.25) is 4.57 Å².